The minimum absolute atomic E-state index is 0. The first-order valence-electron chi connectivity index (χ1n) is 2.05. The Labute approximate surface area is 68.8 Å². The molecule has 0 heterocycles. The first-order chi connectivity index (χ1) is 3.66. The SMILES string of the molecule is CCC(=O)N[S-](=O)=O.[Re]. The second kappa shape index (κ2) is 6.21. The van der Waals surface area contributed by atoms with Gasteiger partial charge in [0.1, 0.15) is 0 Å². The second-order valence-corrected chi connectivity index (χ2v) is 1.79. The molecule has 4 nitrogen and oxygen atoms in total. The van der Waals surface area contributed by atoms with Crippen molar-refractivity contribution in [3.05, 3.63) is 0 Å². The fraction of sp³-hybridized carbons (Fsp3) is 0.667. The van der Waals surface area contributed by atoms with Gasteiger partial charge in [0.05, 0.1) is 0 Å². The number of nitrogens with one attached hydrogen (secondary N) is 1. The molecule has 0 aromatic rings. The molecule has 0 aromatic carbocycles. The maximum Gasteiger partial charge on any atom is 0.205 e. The van der Waals surface area contributed by atoms with E-state index in [4.69, 9.17) is 0 Å². The number of carbonyl (C=O) groups is 1. The van der Waals surface area contributed by atoms with Gasteiger partial charge in [-0.15, -0.1) is 0 Å². The third-order valence-corrected chi connectivity index (χ3v) is 0.913. The van der Waals surface area contributed by atoms with Crippen LogP contribution < -0.4 is 4.72 Å². The Kier molecular flexibility index (Phi) is 8.16. The van der Waals surface area contributed by atoms with Gasteiger partial charge in [-0.05, 0) is 0 Å². The van der Waals surface area contributed by atoms with Crippen LogP contribution >= 0.6 is 0 Å². The molecule has 0 aliphatic rings. The average molecular weight is 322 g/mol. The Bertz CT molecular complexity index is 147. The Balaban J connectivity index is 0. The van der Waals surface area contributed by atoms with Crippen LogP contribution in [0, 0.1) is 0 Å². The van der Waals surface area contributed by atoms with Crippen molar-refractivity contribution < 1.29 is 33.6 Å². The smallest absolute Gasteiger partial charge is 0.205 e. The topological polar surface area (TPSA) is 63.2 Å². The van der Waals surface area contributed by atoms with Crippen LogP contribution in [0.15, 0.2) is 0 Å². The van der Waals surface area contributed by atoms with Crippen LogP contribution in [0.5, 0.6) is 0 Å². The van der Waals surface area contributed by atoms with Crippen LogP contribution in [0.4, 0.5) is 0 Å². The first kappa shape index (κ1) is 11.8. The summed E-state index contributed by atoms with van der Waals surface area (Å²) in [5, 5.41) is 0. The van der Waals surface area contributed by atoms with E-state index in [1.165, 1.54) is 0 Å². The average Bonchev–Trinajstić information content (AvgIpc) is 1.65. The predicted octanol–water partition coefficient (Wildman–Crippen LogP) is -0.266. The number of rotatable bonds is 2. The Morgan fingerprint density at radius 3 is 2.11 bits per heavy atom. The zero-order valence-corrected chi connectivity index (χ0v) is 8.25. The van der Waals surface area contributed by atoms with E-state index in [0.717, 1.165) is 0 Å². The van der Waals surface area contributed by atoms with Crippen molar-refractivity contribution in [2.75, 3.05) is 0 Å². The zero-order chi connectivity index (χ0) is 6.57. The van der Waals surface area contributed by atoms with E-state index < -0.39 is 16.8 Å². The molecule has 1 amide bonds. The summed E-state index contributed by atoms with van der Waals surface area (Å²) in [6.07, 6.45) is 0.188. The minimum atomic E-state index is -2.45. The van der Waals surface area contributed by atoms with Gasteiger partial charge in [0.15, 0.2) is 0 Å². The first-order valence-corrected chi connectivity index (χ1v) is 3.13. The van der Waals surface area contributed by atoms with E-state index in [1.54, 1.807) is 11.6 Å². The van der Waals surface area contributed by atoms with Crippen LogP contribution in [0.3, 0.4) is 0 Å². The van der Waals surface area contributed by atoms with Gasteiger partial charge < -0.3 is 13.1 Å². The molecule has 55 valence electrons. The monoisotopic (exact) mass is 323 g/mol. The summed E-state index contributed by atoms with van der Waals surface area (Å²) in [4.78, 5) is 10.1. The maximum absolute atomic E-state index is 10.1. The molecule has 0 atom stereocenters. The van der Waals surface area contributed by atoms with E-state index in [2.05, 4.69) is 0 Å². The predicted molar refractivity (Wildman–Crippen MR) is 27.2 cm³/mol. The third kappa shape index (κ3) is 8.08. The molecular formula is C3H6NO3ReS-. The van der Waals surface area contributed by atoms with Crippen molar-refractivity contribution >= 4 is 16.8 Å². The second-order valence-electron chi connectivity index (χ2n) is 1.11. The normalized spacial score (nSPS) is 8.22. The van der Waals surface area contributed by atoms with Gasteiger partial charge in [-0.1, -0.05) is 6.92 Å². The summed E-state index contributed by atoms with van der Waals surface area (Å²) in [6.45, 7) is 1.57. The van der Waals surface area contributed by atoms with E-state index >= 15 is 0 Å². The fourth-order valence-corrected chi connectivity index (χ4v) is 0.495. The molecule has 1 radical (unpaired) electrons. The summed E-state index contributed by atoms with van der Waals surface area (Å²) in [6, 6.07) is 0. The van der Waals surface area contributed by atoms with E-state index in [0.29, 0.717) is 0 Å². The molecule has 6 heteroatoms. The largest absolute Gasteiger partial charge is 0.403 e. The Morgan fingerprint density at radius 2 is 2.00 bits per heavy atom. The summed E-state index contributed by atoms with van der Waals surface area (Å²) < 4.78 is 20.9. The standard InChI is InChI=1S/C3H6NO3S.Re/c1-2-3(5)4-8(6)7;/h2H2,1H3,(H,4,5,6,7);/q-1;. The van der Waals surface area contributed by atoms with Crippen LogP contribution in [-0.4, -0.2) is 5.91 Å². The molecule has 0 saturated carbocycles. The van der Waals surface area contributed by atoms with Gasteiger partial charge in [0.25, 0.3) is 0 Å². The molecule has 0 rings (SSSR count). The van der Waals surface area contributed by atoms with Crippen LogP contribution in [-0.2, 0) is 44.5 Å². The number of carbonyl (C=O) groups excluding carboxylic acids is 1. The number of amides is 1. The van der Waals surface area contributed by atoms with Gasteiger partial charge in [0, 0.05) is 37.7 Å². The molecule has 0 aromatic heterocycles. The van der Waals surface area contributed by atoms with Crippen LogP contribution in [0.1, 0.15) is 13.3 Å². The number of hydrogen-bond acceptors (Lipinski definition) is 4. The molecule has 0 spiro atoms. The zero-order valence-electron chi connectivity index (χ0n) is 4.72. The molecule has 0 unspecified atom stereocenters. The van der Waals surface area contributed by atoms with Crippen LogP contribution in [0.2, 0.25) is 0 Å². The van der Waals surface area contributed by atoms with Gasteiger partial charge in [-0.25, -0.2) is 0 Å². The van der Waals surface area contributed by atoms with Gasteiger partial charge in [-0.3, -0.25) is 4.79 Å². The summed E-state index contributed by atoms with van der Waals surface area (Å²) in [5.41, 5.74) is 0. The molecule has 1 N–H and O–H groups in total. The third-order valence-electron chi connectivity index (χ3n) is 0.518. The van der Waals surface area contributed by atoms with Gasteiger partial charge >= 0.3 is 0 Å². The fourth-order valence-electron chi connectivity index (χ4n) is 0.165. The minimum Gasteiger partial charge on any atom is -0.403 e. The molecule has 0 bridgehead atoms. The Hall–Kier alpha value is 0.0823. The van der Waals surface area contributed by atoms with Crippen molar-refractivity contribution in [3.8, 4) is 0 Å². The van der Waals surface area contributed by atoms with E-state index in [9.17, 15) is 13.2 Å². The van der Waals surface area contributed by atoms with E-state index in [1.807, 2.05) is 0 Å². The van der Waals surface area contributed by atoms with Crippen molar-refractivity contribution in [2.45, 2.75) is 13.3 Å². The van der Waals surface area contributed by atoms with Gasteiger partial charge in [-0.2, -0.15) is 0 Å². The van der Waals surface area contributed by atoms with Crippen molar-refractivity contribution in [2.24, 2.45) is 0 Å². The van der Waals surface area contributed by atoms with Gasteiger partial charge in [0.2, 0.25) is 5.91 Å². The van der Waals surface area contributed by atoms with Crippen LogP contribution in [0.25, 0.3) is 0 Å². The van der Waals surface area contributed by atoms with Crippen molar-refractivity contribution in [1.29, 1.82) is 0 Å². The molecular weight excluding hydrogens is 316 g/mol. The number of hydrogen-bond donors (Lipinski definition) is 1. The molecule has 9 heavy (non-hydrogen) atoms. The molecule has 0 aliphatic carbocycles. The maximum atomic E-state index is 10.1. The van der Waals surface area contributed by atoms with Crippen molar-refractivity contribution in [3.63, 3.8) is 0 Å². The molecule has 0 saturated heterocycles. The summed E-state index contributed by atoms with van der Waals surface area (Å²) in [5.74, 6) is -0.488. The van der Waals surface area contributed by atoms with Crippen molar-refractivity contribution in [1.82, 2.24) is 4.72 Å². The quantitative estimate of drug-likeness (QED) is 0.712. The molecule has 0 fully saturated rings. The Morgan fingerprint density at radius 1 is 1.56 bits per heavy atom. The summed E-state index contributed by atoms with van der Waals surface area (Å²) >= 11 is 0. The summed E-state index contributed by atoms with van der Waals surface area (Å²) in [7, 11) is -2.45. The molecule has 0 aliphatic heterocycles. The van der Waals surface area contributed by atoms with E-state index in [-0.39, 0.29) is 26.8 Å².